The van der Waals surface area contributed by atoms with Crippen LogP contribution in [-0.2, 0) is 6.18 Å². The average Bonchev–Trinajstić information content (AvgIpc) is 2.80. The van der Waals surface area contributed by atoms with E-state index < -0.39 is 35.2 Å². The minimum absolute atomic E-state index is 0.0211. The van der Waals surface area contributed by atoms with Crippen LogP contribution in [-0.4, -0.2) is 10.1 Å². The molecule has 0 aliphatic heterocycles. The summed E-state index contributed by atoms with van der Waals surface area (Å²) in [5, 5.41) is 10.4. The van der Waals surface area contributed by atoms with E-state index in [1.54, 1.807) is 0 Å². The third-order valence-electron chi connectivity index (χ3n) is 6.12. The largest absolute Gasteiger partial charge is 0.416 e. The zero-order chi connectivity index (χ0) is 24.8. The van der Waals surface area contributed by atoms with Crippen molar-refractivity contribution in [3.8, 4) is 11.1 Å². The highest BCUT2D eigenvalue weighted by Crippen LogP contribution is 2.49. The van der Waals surface area contributed by atoms with Gasteiger partial charge in [0, 0.05) is 11.1 Å². The minimum atomic E-state index is -4.54. The normalized spacial score (nSPS) is 19.2. The summed E-state index contributed by atoms with van der Waals surface area (Å²) in [6.07, 6.45) is -6.51. The van der Waals surface area contributed by atoms with Gasteiger partial charge in [-0.3, -0.25) is 4.98 Å². The summed E-state index contributed by atoms with van der Waals surface area (Å²) in [6.45, 7) is 3.66. The molecule has 1 heterocycles. The number of aromatic nitrogens is 1. The Balaban J connectivity index is 2.00. The fraction of sp³-hybridized carbons (Fsp3) is 0.346. The van der Waals surface area contributed by atoms with Crippen LogP contribution in [0.5, 0.6) is 0 Å². The number of hydrogen-bond acceptors (Lipinski definition) is 2. The van der Waals surface area contributed by atoms with E-state index in [1.807, 2.05) is 13.8 Å². The van der Waals surface area contributed by atoms with Gasteiger partial charge in [-0.15, -0.1) is 11.6 Å². The average molecular weight is 496 g/mol. The van der Waals surface area contributed by atoms with E-state index in [1.165, 1.54) is 24.3 Å². The van der Waals surface area contributed by atoms with Crippen LogP contribution < -0.4 is 0 Å². The third-order valence-corrected chi connectivity index (χ3v) is 6.54. The zero-order valence-corrected chi connectivity index (χ0v) is 19.3. The molecule has 1 N–H and O–H groups in total. The Morgan fingerprint density at radius 3 is 2.18 bits per heavy atom. The van der Waals surface area contributed by atoms with Gasteiger partial charge in [0.25, 0.3) is 0 Å². The molecule has 0 bridgehead atoms. The predicted octanol–water partition coefficient (Wildman–Crippen LogP) is 8.20. The molecule has 180 valence electrons. The Kier molecular flexibility index (Phi) is 6.71. The number of benzene rings is 2. The lowest BCUT2D eigenvalue weighted by Crippen LogP contribution is -2.20. The Bertz CT molecular complexity index is 1180. The molecule has 4 rings (SSSR count). The second-order valence-corrected chi connectivity index (χ2v) is 9.32. The second kappa shape index (κ2) is 9.27. The van der Waals surface area contributed by atoms with Crippen molar-refractivity contribution in [2.24, 2.45) is 0 Å². The van der Waals surface area contributed by atoms with Crippen molar-refractivity contribution >= 4 is 11.6 Å². The maximum absolute atomic E-state index is 16.2. The molecule has 8 heteroatoms. The van der Waals surface area contributed by atoms with E-state index >= 15 is 4.39 Å². The number of pyridine rings is 1. The van der Waals surface area contributed by atoms with Crippen LogP contribution in [0.4, 0.5) is 22.0 Å². The van der Waals surface area contributed by atoms with Crippen LogP contribution in [0, 0.1) is 5.82 Å². The van der Waals surface area contributed by atoms with E-state index in [0.29, 0.717) is 40.9 Å². The standard InChI is InChI=1S/C26H23ClF5NO/c1-13(2)24-22(23(29)15-3-7-16(8-4-15)26(30,31)32)20(14-5-9-17(28)10-6-14)21-19(34)12-11-18(27)25(21)33-24/h3-10,13,18-19,23,34H,11-12H2,1-2H3. The molecule has 2 aromatic carbocycles. The maximum atomic E-state index is 16.2. The molecule has 0 amide bonds. The number of rotatable bonds is 4. The summed E-state index contributed by atoms with van der Waals surface area (Å²) in [4.78, 5) is 4.67. The van der Waals surface area contributed by atoms with Gasteiger partial charge in [-0.25, -0.2) is 8.78 Å². The van der Waals surface area contributed by atoms with Gasteiger partial charge < -0.3 is 5.11 Å². The highest BCUT2D eigenvalue weighted by atomic mass is 35.5. The number of fused-ring (bicyclic) bond motifs is 1. The van der Waals surface area contributed by atoms with Gasteiger partial charge in [-0.05, 0) is 59.7 Å². The zero-order valence-electron chi connectivity index (χ0n) is 18.5. The van der Waals surface area contributed by atoms with E-state index in [4.69, 9.17) is 11.6 Å². The molecule has 0 saturated heterocycles. The van der Waals surface area contributed by atoms with Gasteiger partial charge in [-0.2, -0.15) is 13.2 Å². The first kappa shape index (κ1) is 24.6. The van der Waals surface area contributed by atoms with Gasteiger partial charge in [-0.1, -0.05) is 38.1 Å². The van der Waals surface area contributed by atoms with Gasteiger partial charge in [0.15, 0.2) is 6.17 Å². The number of hydrogen-bond donors (Lipinski definition) is 1. The lowest BCUT2D eigenvalue weighted by atomic mass is 9.80. The number of nitrogens with zero attached hydrogens (tertiary/aromatic N) is 1. The lowest BCUT2D eigenvalue weighted by Gasteiger charge is -2.31. The summed E-state index contributed by atoms with van der Waals surface area (Å²) in [7, 11) is 0. The second-order valence-electron chi connectivity index (χ2n) is 8.79. The Morgan fingerprint density at radius 1 is 1.00 bits per heavy atom. The van der Waals surface area contributed by atoms with Crippen LogP contribution in [0.15, 0.2) is 48.5 Å². The third kappa shape index (κ3) is 4.56. The molecule has 1 aliphatic rings. The van der Waals surface area contributed by atoms with Crippen molar-refractivity contribution in [2.75, 3.05) is 0 Å². The van der Waals surface area contributed by atoms with E-state index in [9.17, 15) is 22.7 Å². The number of aliphatic hydroxyl groups excluding tert-OH is 1. The van der Waals surface area contributed by atoms with Gasteiger partial charge in [0.2, 0.25) is 0 Å². The van der Waals surface area contributed by atoms with E-state index in [2.05, 4.69) is 4.98 Å². The fourth-order valence-corrected chi connectivity index (χ4v) is 4.74. The van der Waals surface area contributed by atoms with Crippen LogP contribution >= 0.6 is 11.6 Å². The lowest BCUT2D eigenvalue weighted by molar-refractivity contribution is -0.137. The minimum Gasteiger partial charge on any atom is -0.388 e. The predicted molar refractivity (Wildman–Crippen MR) is 121 cm³/mol. The van der Waals surface area contributed by atoms with Crippen LogP contribution in [0.1, 0.15) is 83.9 Å². The summed E-state index contributed by atoms with van der Waals surface area (Å²) < 4.78 is 69.0. The maximum Gasteiger partial charge on any atom is 0.416 e. The van der Waals surface area contributed by atoms with Crippen molar-refractivity contribution in [3.05, 3.63) is 88.0 Å². The molecule has 1 aliphatic carbocycles. The smallest absolute Gasteiger partial charge is 0.388 e. The first-order chi connectivity index (χ1) is 16.0. The Labute approximate surface area is 199 Å². The van der Waals surface area contributed by atoms with Gasteiger partial charge in [0.1, 0.15) is 5.82 Å². The summed E-state index contributed by atoms with van der Waals surface area (Å²) in [5.74, 6) is -0.734. The molecule has 0 spiro atoms. The first-order valence-corrected chi connectivity index (χ1v) is 11.4. The highest BCUT2D eigenvalue weighted by molar-refractivity contribution is 6.21. The Morgan fingerprint density at radius 2 is 1.62 bits per heavy atom. The molecular weight excluding hydrogens is 473 g/mol. The quantitative estimate of drug-likeness (QED) is 0.292. The molecule has 1 aromatic heterocycles. The molecule has 0 saturated carbocycles. The topological polar surface area (TPSA) is 33.1 Å². The van der Waals surface area contributed by atoms with Crippen LogP contribution in [0.3, 0.4) is 0 Å². The molecule has 0 fully saturated rings. The monoisotopic (exact) mass is 495 g/mol. The summed E-state index contributed by atoms with van der Waals surface area (Å²) in [5.41, 5.74) is 1.34. The molecule has 0 radical (unpaired) electrons. The number of halogens is 6. The molecular formula is C26H23ClF5NO. The number of aliphatic hydroxyl groups is 1. The van der Waals surface area contributed by atoms with Crippen molar-refractivity contribution in [3.63, 3.8) is 0 Å². The van der Waals surface area contributed by atoms with Gasteiger partial charge in [0.05, 0.1) is 28.4 Å². The molecule has 2 nitrogen and oxygen atoms in total. The first-order valence-electron chi connectivity index (χ1n) is 11.0. The van der Waals surface area contributed by atoms with Crippen LogP contribution in [0.25, 0.3) is 11.1 Å². The van der Waals surface area contributed by atoms with E-state index in [-0.39, 0.29) is 17.0 Å². The summed E-state index contributed by atoms with van der Waals surface area (Å²) in [6, 6.07) is 9.33. The molecule has 34 heavy (non-hydrogen) atoms. The fourth-order valence-electron chi connectivity index (χ4n) is 4.44. The SMILES string of the molecule is CC(C)c1nc2c(c(-c3ccc(F)cc3)c1C(F)c1ccc(C(F)(F)F)cc1)C(O)CCC2Cl. The Hall–Kier alpha value is -2.51. The summed E-state index contributed by atoms with van der Waals surface area (Å²) >= 11 is 6.55. The van der Waals surface area contributed by atoms with Crippen molar-refractivity contribution < 1.29 is 27.1 Å². The molecule has 3 aromatic rings. The van der Waals surface area contributed by atoms with E-state index in [0.717, 1.165) is 24.3 Å². The number of alkyl halides is 5. The van der Waals surface area contributed by atoms with Gasteiger partial charge >= 0.3 is 6.18 Å². The van der Waals surface area contributed by atoms with Crippen LogP contribution in [0.2, 0.25) is 0 Å². The van der Waals surface area contributed by atoms with Crippen molar-refractivity contribution in [1.82, 2.24) is 4.98 Å². The van der Waals surface area contributed by atoms with Crippen molar-refractivity contribution in [1.29, 1.82) is 0 Å². The highest BCUT2D eigenvalue weighted by Gasteiger charge is 2.36. The molecule has 3 unspecified atom stereocenters. The molecule has 3 atom stereocenters. The van der Waals surface area contributed by atoms with Crippen molar-refractivity contribution in [2.45, 2.75) is 56.4 Å².